The molecule has 0 atom stereocenters. The van der Waals surface area contributed by atoms with Crippen LogP contribution in [-0.4, -0.2) is 5.78 Å². The summed E-state index contributed by atoms with van der Waals surface area (Å²) in [5.74, 6) is 0.00509. The Morgan fingerprint density at radius 3 is 2.31 bits per heavy atom. The maximum atomic E-state index is 12.2. The smallest absolute Gasteiger partial charge is 0.193 e. The van der Waals surface area contributed by atoms with Gasteiger partial charge in [-0.05, 0) is 25.0 Å². The predicted octanol–water partition coefficient (Wildman–Crippen LogP) is 3.87. The molecule has 0 radical (unpaired) electrons. The van der Waals surface area contributed by atoms with Crippen LogP contribution in [0.1, 0.15) is 22.8 Å². The molecular formula is C15H16O. The van der Waals surface area contributed by atoms with Gasteiger partial charge in [0.2, 0.25) is 0 Å². The molecule has 1 aromatic rings. The van der Waals surface area contributed by atoms with Crippen molar-refractivity contribution in [2.75, 3.05) is 0 Å². The molecule has 0 saturated heterocycles. The Balaban J connectivity index is 3.26. The number of benzene rings is 1. The van der Waals surface area contributed by atoms with Gasteiger partial charge in [0.25, 0.3) is 0 Å². The third kappa shape index (κ3) is 2.37. The Hall–Kier alpha value is -1.89. The molecule has 0 aliphatic rings. The summed E-state index contributed by atoms with van der Waals surface area (Å²) in [7, 11) is 0. The fourth-order valence-corrected chi connectivity index (χ4v) is 1.52. The number of hydrogen-bond donors (Lipinski definition) is 0. The normalized spacial score (nSPS) is 11.6. The first-order valence-electron chi connectivity index (χ1n) is 5.18. The summed E-state index contributed by atoms with van der Waals surface area (Å²) < 4.78 is 0. The molecule has 82 valence electrons. The number of ketones is 1. The highest BCUT2D eigenvalue weighted by Gasteiger charge is 2.12. The molecule has 0 heterocycles. The molecule has 0 spiro atoms. The van der Waals surface area contributed by atoms with Gasteiger partial charge in [-0.15, -0.1) is 0 Å². The van der Waals surface area contributed by atoms with E-state index in [1.54, 1.807) is 12.2 Å². The van der Waals surface area contributed by atoms with Crippen molar-refractivity contribution in [1.82, 2.24) is 0 Å². The second-order valence-corrected chi connectivity index (χ2v) is 3.65. The van der Waals surface area contributed by atoms with E-state index in [0.29, 0.717) is 5.57 Å². The highest BCUT2D eigenvalue weighted by molar-refractivity contribution is 6.12. The molecule has 0 amide bonds. The summed E-state index contributed by atoms with van der Waals surface area (Å²) >= 11 is 0. The lowest BCUT2D eigenvalue weighted by Crippen LogP contribution is -2.05. The molecule has 0 aliphatic heterocycles. The fourth-order valence-electron chi connectivity index (χ4n) is 1.52. The van der Waals surface area contributed by atoms with E-state index < -0.39 is 0 Å². The molecule has 0 saturated carbocycles. The van der Waals surface area contributed by atoms with Gasteiger partial charge in [-0.25, -0.2) is 0 Å². The van der Waals surface area contributed by atoms with E-state index in [0.717, 1.165) is 16.7 Å². The van der Waals surface area contributed by atoms with Crippen LogP contribution >= 0.6 is 0 Å². The average Bonchev–Trinajstić information content (AvgIpc) is 2.30. The first-order valence-corrected chi connectivity index (χ1v) is 5.18. The molecule has 0 aromatic heterocycles. The topological polar surface area (TPSA) is 17.1 Å². The Bertz CT molecular complexity index is 464. The monoisotopic (exact) mass is 212 g/mol. The number of carbonyl (C=O) groups excluding carboxylic acids is 1. The van der Waals surface area contributed by atoms with Gasteiger partial charge in [0.15, 0.2) is 5.78 Å². The SMILES string of the molecule is C=C/C(C)=C(\C=C)C(=O)c1ccccc1C. The van der Waals surface area contributed by atoms with Crippen LogP contribution in [-0.2, 0) is 0 Å². The van der Waals surface area contributed by atoms with Crippen LogP contribution in [0.25, 0.3) is 0 Å². The fraction of sp³-hybridized carbons (Fsp3) is 0.133. The van der Waals surface area contributed by atoms with E-state index in [1.165, 1.54) is 0 Å². The zero-order chi connectivity index (χ0) is 12.1. The van der Waals surface area contributed by atoms with Crippen LogP contribution in [0.2, 0.25) is 0 Å². The van der Waals surface area contributed by atoms with Gasteiger partial charge < -0.3 is 0 Å². The molecule has 16 heavy (non-hydrogen) atoms. The first kappa shape index (κ1) is 12.2. The summed E-state index contributed by atoms with van der Waals surface area (Å²) in [6, 6.07) is 7.54. The molecule has 1 rings (SSSR count). The van der Waals surface area contributed by atoms with E-state index in [-0.39, 0.29) is 5.78 Å². The summed E-state index contributed by atoms with van der Waals surface area (Å²) in [6.07, 6.45) is 3.26. The third-order valence-corrected chi connectivity index (χ3v) is 2.57. The van der Waals surface area contributed by atoms with E-state index in [1.807, 2.05) is 38.1 Å². The Morgan fingerprint density at radius 1 is 1.19 bits per heavy atom. The number of hydrogen-bond acceptors (Lipinski definition) is 1. The van der Waals surface area contributed by atoms with Crippen molar-refractivity contribution in [1.29, 1.82) is 0 Å². The quantitative estimate of drug-likeness (QED) is 0.420. The second-order valence-electron chi connectivity index (χ2n) is 3.65. The predicted molar refractivity (Wildman–Crippen MR) is 68.6 cm³/mol. The van der Waals surface area contributed by atoms with Crippen LogP contribution in [0.5, 0.6) is 0 Å². The van der Waals surface area contributed by atoms with Gasteiger partial charge in [-0.3, -0.25) is 4.79 Å². The molecule has 0 aliphatic carbocycles. The van der Waals surface area contributed by atoms with Crippen molar-refractivity contribution in [2.24, 2.45) is 0 Å². The van der Waals surface area contributed by atoms with Crippen molar-refractivity contribution in [2.45, 2.75) is 13.8 Å². The standard InChI is InChI=1S/C15H16O/c1-5-11(3)13(6-2)15(16)14-10-8-7-9-12(14)4/h5-10H,1-2H2,3-4H3/b13-11+. The largest absolute Gasteiger partial charge is 0.289 e. The Kier molecular flexibility index (Phi) is 4.01. The minimum atomic E-state index is 0.00509. The zero-order valence-electron chi connectivity index (χ0n) is 9.79. The highest BCUT2D eigenvalue weighted by atomic mass is 16.1. The molecule has 1 nitrogen and oxygen atoms in total. The maximum Gasteiger partial charge on any atom is 0.193 e. The van der Waals surface area contributed by atoms with Crippen molar-refractivity contribution < 1.29 is 4.79 Å². The van der Waals surface area contributed by atoms with Gasteiger partial charge in [-0.1, -0.05) is 49.6 Å². The Labute approximate surface area is 96.8 Å². The molecule has 1 heteroatoms. The van der Waals surface area contributed by atoms with E-state index >= 15 is 0 Å². The van der Waals surface area contributed by atoms with E-state index in [2.05, 4.69) is 13.2 Å². The van der Waals surface area contributed by atoms with Crippen molar-refractivity contribution in [3.8, 4) is 0 Å². The highest BCUT2D eigenvalue weighted by Crippen LogP contribution is 2.17. The lowest BCUT2D eigenvalue weighted by molar-refractivity contribution is 0.103. The van der Waals surface area contributed by atoms with Gasteiger partial charge >= 0.3 is 0 Å². The van der Waals surface area contributed by atoms with Crippen molar-refractivity contribution >= 4 is 5.78 Å². The summed E-state index contributed by atoms with van der Waals surface area (Å²) in [6.45, 7) is 11.1. The molecule has 0 fully saturated rings. The van der Waals surface area contributed by atoms with Gasteiger partial charge in [0.05, 0.1) is 0 Å². The minimum Gasteiger partial charge on any atom is -0.289 e. The maximum absolute atomic E-state index is 12.2. The molecular weight excluding hydrogens is 196 g/mol. The van der Waals surface area contributed by atoms with Crippen LogP contribution in [0.15, 0.2) is 60.7 Å². The van der Waals surface area contributed by atoms with Crippen molar-refractivity contribution in [3.63, 3.8) is 0 Å². The van der Waals surface area contributed by atoms with Crippen LogP contribution in [0.4, 0.5) is 0 Å². The minimum absolute atomic E-state index is 0.00509. The van der Waals surface area contributed by atoms with E-state index in [4.69, 9.17) is 0 Å². The van der Waals surface area contributed by atoms with Crippen LogP contribution in [0, 0.1) is 6.92 Å². The number of allylic oxidation sites excluding steroid dienone is 4. The summed E-state index contributed by atoms with van der Waals surface area (Å²) in [5.41, 5.74) is 3.16. The zero-order valence-corrected chi connectivity index (χ0v) is 9.79. The number of rotatable bonds is 4. The van der Waals surface area contributed by atoms with Gasteiger partial charge in [0.1, 0.15) is 0 Å². The molecule has 0 unspecified atom stereocenters. The van der Waals surface area contributed by atoms with E-state index in [9.17, 15) is 4.79 Å². The van der Waals surface area contributed by atoms with Crippen molar-refractivity contribution in [3.05, 3.63) is 71.8 Å². The average molecular weight is 212 g/mol. The molecule has 0 N–H and O–H groups in total. The number of Topliss-reactive ketones (excluding diaryl/α,β-unsaturated/α-hetero) is 1. The number of carbonyl (C=O) groups is 1. The first-order chi connectivity index (χ1) is 7.61. The second kappa shape index (κ2) is 5.26. The lowest BCUT2D eigenvalue weighted by Gasteiger charge is -2.07. The van der Waals surface area contributed by atoms with Gasteiger partial charge in [-0.2, -0.15) is 0 Å². The summed E-state index contributed by atoms with van der Waals surface area (Å²) in [4.78, 5) is 12.2. The van der Waals surface area contributed by atoms with Gasteiger partial charge in [0, 0.05) is 11.1 Å². The molecule has 0 bridgehead atoms. The Morgan fingerprint density at radius 2 is 1.81 bits per heavy atom. The number of aryl methyl sites for hydroxylation is 1. The van der Waals surface area contributed by atoms with Crippen LogP contribution < -0.4 is 0 Å². The molecule has 1 aromatic carbocycles. The lowest BCUT2D eigenvalue weighted by atomic mass is 9.96. The summed E-state index contributed by atoms with van der Waals surface area (Å²) in [5, 5.41) is 0. The van der Waals surface area contributed by atoms with Crippen LogP contribution in [0.3, 0.4) is 0 Å². The third-order valence-electron chi connectivity index (χ3n) is 2.57.